The molecule has 0 bridgehead atoms. The van der Waals surface area contributed by atoms with Crippen LogP contribution in [0.15, 0.2) is 36.7 Å². The summed E-state index contributed by atoms with van der Waals surface area (Å²) in [6, 6.07) is 8.53. The molecular weight excluding hydrogens is 232 g/mol. The SMILES string of the molecule is CC(C)CCCCNCc1cccc2cnccc12. The van der Waals surface area contributed by atoms with Crippen LogP contribution in [0.2, 0.25) is 0 Å². The van der Waals surface area contributed by atoms with E-state index < -0.39 is 0 Å². The van der Waals surface area contributed by atoms with Crippen molar-refractivity contribution in [2.24, 2.45) is 5.92 Å². The van der Waals surface area contributed by atoms with Crippen molar-refractivity contribution in [2.75, 3.05) is 6.54 Å². The van der Waals surface area contributed by atoms with Gasteiger partial charge in [0.15, 0.2) is 0 Å². The number of fused-ring (bicyclic) bond motifs is 1. The van der Waals surface area contributed by atoms with Crippen molar-refractivity contribution in [3.63, 3.8) is 0 Å². The maximum Gasteiger partial charge on any atom is 0.0346 e. The number of nitrogens with one attached hydrogen (secondary N) is 1. The van der Waals surface area contributed by atoms with E-state index >= 15 is 0 Å². The van der Waals surface area contributed by atoms with Gasteiger partial charge in [0.25, 0.3) is 0 Å². The first-order valence-electron chi connectivity index (χ1n) is 7.29. The molecule has 0 spiro atoms. The van der Waals surface area contributed by atoms with Crippen molar-refractivity contribution in [1.82, 2.24) is 10.3 Å². The Balaban J connectivity index is 1.82. The van der Waals surface area contributed by atoms with Crippen molar-refractivity contribution in [2.45, 2.75) is 39.7 Å². The molecule has 2 nitrogen and oxygen atoms in total. The number of unbranched alkanes of at least 4 members (excludes halogenated alkanes) is 1. The van der Waals surface area contributed by atoms with Crippen LogP contribution in [-0.2, 0) is 6.54 Å². The number of hydrogen-bond donors (Lipinski definition) is 1. The minimum atomic E-state index is 0.825. The Morgan fingerprint density at radius 3 is 2.89 bits per heavy atom. The fourth-order valence-corrected chi connectivity index (χ4v) is 2.37. The Morgan fingerprint density at radius 1 is 1.16 bits per heavy atom. The number of aromatic nitrogens is 1. The summed E-state index contributed by atoms with van der Waals surface area (Å²) in [5.41, 5.74) is 1.36. The number of hydrogen-bond acceptors (Lipinski definition) is 2. The molecule has 0 unspecified atom stereocenters. The van der Waals surface area contributed by atoms with E-state index in [1.807, 2.05) is 12.4 Å². The molecule has 0 atom stereocenters. The molecule has 0 aliphatic heterocycles. The Hall–Kier alpha value is -1.41. The maximum atomic E-state index is 4.17. The topological polar surface area (TPSA) is 24.9 Å². The van der Waals surface area contributed by atoms with Crippen molar-refractivity contribution in [3.05, 3.63) is 42.2 Å². The van der Waals surface area contributed by atoms with E-state index in [-0.39, 0.29) is 0 Å². The molecule has 0 saturated carbocycles. The summed E-state index contributed by atoms with van der Waals surface area (Å²) >= 11 is 0. The van der Waals surface area contributed by atoms with E-state index in [1.165, 1.54) is 35.6 Å². The van der Waals surface area contributed by atoms with Gasteiger partial charge in [0, 0.05) is 24.3 Å². The van der Waals surface area contributed by atoms with Crippen LogP contribution in [0.25, 0.3) is 10.8 Å². The minimum absolute atomic E-state index is 0.825. The maximum absolute atomic E-state index is 4.17. The summed E-state index contributed by atoms with van der Waals surface area (Å²) in [4.78, 5) is 4.17. The van der Waals surface area contributed by atoms with Crippen molar-refractivity contribution >= 4 is 10.8 Å². The third-order valence-corrected chi connectivity index (χ3v) is 3.47. The molecule has 1 aromatic carbocycles. The molecule has 2 heteroatoms. The lowest BCUT2D eigenvalue weighted by molar-refractivity contribution is 0.521. The van der Waals surface area contributed by atoms with Crippen LogP contribution in [0.5, 0.6) is 0 Å². The quantitative estimate of drug-likeness (QED) is 0.753. The van der Waals surface area contributed by atoms with Crippen molar-refractivity contribution in [1.29, 1.82) is 0 Å². The van der Waals surface area contributed by atoms with E-state index in [4.69, 9.17) is 0 Å². The predicted octanol–water partition coefficient (Wildman–Crippen LogP) is 4.15. The first-order chi connectivity index (χ1) is 9.27. The largest absolute Gasteiger partial charge is 0.313 e. The predicted molar refractivity (Wildman–Crippen MR) is 82.1 cm³/mol. The van der Waals surface area contributed by atoms with Gasteiger partial charge in [-0.3, -0.25) is 4.98 Å². The molecule has 0 amide bonds. The molecule has 19 heavy (non-hydrogen) atoms. The lowest BCUT2D eigenvalue weighted by atomic mass is 10.1. The summed E-state index contributed by atoms with van der Waals surface area (Å²) in [5, 5.41) is 6.08. The van der Waals surface area contributed by atoms with Crippen molar-refractivity contribution < 1.29 is 0 Å². The Morgan fingerprint density at radius 2 is 2.05 bits per heavy atom. The average molecular weight is 256 g/mol. The van der Waals surface area contributed by atoms with E-state index in [2.05, 4.69) is 48.4 Å². The summed E-state index contributed by atoms with van der Waals surface area (Å²) in [5.74, 6) is 0.825. The van der Waals surface area contributed by atoms with Gasteiger partial charge < -0.3 is 5.32 Å². The third-order valence-electron chi connectivity index (χ3n) is 3.47. The first-order valence-corrected chi connectivity index (χ1v) is 7.29. The van der Waals surface area contributed by atoms with Gasteiger partial charge in [-0.1, -0.05) is 44.9 Å². The van der Waals surface area contributed by atoms with Gasteiger partial charge in [-0.15, -0.1) is 0 Å². The van der Waals surface area contributed by atoms with Gasteiger partial charge in [-0.05, 0) is 35.9 Å². The zero-order valence-corrected chi connectivity index (χ0v) is 12.0. The van der Waals surface area contributed by atoms with E-state index in [1.54, 1.807) is 0 Å². The van der Waals surface area contributed by atoms with Crippen LogP contribution < -0.4 is 5.32 Å². The zero-order valence-electron chi connectivity index (χ0n) is 12.0. The van der Waals surface area contributed by atoms with E-state index in [9.17, 15) is 0 Å². The van der Waals surface area contributed by atoms with Crippen LogP contribution >= 0.6 is 0 Å². The number of rotatable bonds is 7. The Bertz CT molecular complexity index is 500. The standard InChI is InChI=1S/C17H24N2/c1-14(2)6-3-4-10-18-12-15-7-5-8-16-13-19-11-9-17(15)16/h5,7-9,11,13-14,18H,3-4,6,10,12H2,1-2H3. The lowest BCUT2D eigenvalue weighted by Crippen LogP contribution is -2.15. The molecular formula is C17H24N2. The smallest absolute Gasteiger partial charge is 0.0346 e. The van der Waals surface area contributed by atoms with Crippen LogP contribution in [0.3, 0.4) is 0 Å². The molecule has 0 saturated heterocycles. The van der Waals surface area contributed by atoms with E-state index in [0.29, 0.717) is 0 Å². The molecule has 1 aromatic heterocycles. The van der Waals surface area contributed by atoms with Gasteiger partial charge in [-0.2, -0.15) is 0 Å². The summed E-state index contributed by atoms with van der Waals surface area (Å²) in [6.07, 6.45) is 7.73. The molecule has 1 heterocycles. The third kappa shape index (κ3) is 4.32. The highest BCUT2D eigenvalue weighted by atomic mass is 14.8. The fourth-order valence-electron chi connectivity index (χ4n) is 2.37. The van der Waals surface area contributed by atoms with Gasteiger partial charge in [0.1, 0.15) is 0 Å². The number of pyridine rings is 1. The van der Waals surface area contributed by atoms with Gasteiger partial charge >= 0.3 is 0 Å². The van der Waals surface area contributed by atoms with Crippen LogP contribution in [0, 0.1) is 5.92 Å². The van der Waals surface area contributed by atoms with E-state index in [0.717, 1.165) is 19.0 Å². The second-order valence-corrected chi connectivity index (χ2v) is 5.58. The molecule has 1 N–H and O–H groups in total. The second-order valence-electron chi connectivity index (χ2n) is 5.58. The number of benzene rings is 1. The van der Waals surface area contributed by atoms with Gasteiger partial charge in [-0.25, -0.2) is 0 Å². The summed E-state index contributed by atoms with van der Waals surface area (Å²) < 4.78 is 0. The molecule has 102 valence electrons. The minimum Gasteiger partial charge on any atom is -0.313 e. The lowest BCUT2D eigenvalue weighted by Gasteiger charge is -2.08. The highest BCUT2D eigenvalue weighted by Gasteiger charge is 2.00. The second kappa shape index (κ2) is 7.25. The normalized spacial score (nSPS) is 11.3. The average Bonchev–Trinajstić information content (AvgIpc) is 2.42. The Kier molecular flexibility index (Phi) is 5.34. The molecule has 0 radical (unpaired) electrons. The molecule has 2 rings (SSSR count). The fraction of sp³-hybridized carbons (Fsp3) is 0.471. The Labute approximate surface area is 116 Å². The molecule has 0 fully saturated rings. The summed E-state index contributed by atoms with van der Waals surface area (Å²) in [7, 11) is 0. The molecule has 2 aromatic rings. The van der Waals surface area contributed by atoms with Crippen LogP contribution in [0.1, 0.15) is 38.7 Å². The highest BCUT2D eigenvalue weighted by Crippen LogP contribution is 2.17. The van der Waals surface area contributed by atoms with Gasteiger partial charge in [0.2, 0.25) is 0 Å². The van der Waals surface area contributed by atoms with Gasteiger partial charge in [0.05, 0.1) is 0 Å². The van der Waals surface area contributed by atoms with Crippen molar-refractivity contribution in [3.8, 4) is 0 Å². The monoisotopic (exact) mass is 256 g/mol. The highest BCUT2D eigenvalue weighted by molar-refractivity contribution is 5.84. The van der Waals surface area contributed by atoms with Crippen LogP contribution in [-0.4, -0.2) is 11.5 Å². The van der Waals surface area contributed by atoms with Crippen LogP contribution in [0.4, 0.5) is 0 Å². The molecule has 0 aliphatic rings. The molecule has 0 aliphatic carbocycles. The summed E-state index contributed by atoms with van der Waals surface area (Å²) in [6.45, 7) is 6.63. The first kappa shape index (κ1) is 14.0. The number of nitrogens with zero attached hydrogens (tertiary/aromatic N) is 1. The zero-order chi connectivity index (χ0) is 13.5.